The minimum atomic E-state index is -3.57. The Hall–Kier alpha value is -1.11. The highest BCUT2D eigenvalue weighted by Crippen LogP contribution is 2.28. The Morgan fingerprint density at radius 1 is 1.37 bits per heavy atom. The van der Waals surface area contributed by atoms with E-state index in [1.807, 2.05) is 20.8 Å². The molecule has 0 fully saturated rings. The zero-order chi connectivity index (χ0) is 14.6. The maximum atomic E-state index is 12.7. The van der Waals surface area contributed by atoms with Crippen LogP contribution in [0.25, 0.3) is 0 Å². The highest BCUT2D eigenvalue weighted by Gasteiger charge is 2.28. The summed E-state index contributed by atoms with van der Waals surface area (Å²) < 4.78 is 31.9. The SMILES string of the molecule is CCN(C(C)C)S(=O)(=O)c1cc(CN)ccc1OC. The number of methoxy groups -OCH3 is 1. The minimum Gasteiger partial charge on any atom is -0.495 e. The summed E-state index contributed by atoms with van der Waals surface area (Å²) in [5, 5.41) is 0. The quantitative estimate of drug-likeness (QED) is 0.861. The van der Waals surface area contributed by atoms with Crippen LogP contribution in [0, 0.1) is 0 Å². The molecule has 1 aromatic carbocycles. The molecule has 108 valence electrons. The standard InChI is InChI=1S/C13H22N2O3S/c1-5-15(10(2)3)19(16,17)13-8-11(9-14)6-7-12(13)18-4/h6-8,10H,5,9,14H2,1-4H3. The zero-order valence-corrected chi connectivity index (χ0v) is 12.7. The van der Waals surface area contributed by atoms with Crippen LogP contribution in [-0.2, 0) is 16.6 Å². The first kappa shape index (κ1) is 15.9. The van der Waals surface area contributed by atoms with Crippen LogP contribution in [0.1, 0.15) is 26.3 Å². The molecular formula is C13H22N2O3S. The molecule has 0 heterocycles. The lowest BCUT2D eigenvalue weighted by Crippen LogP contribution is -2.36. The Morgan fingerprint density at radius 3 is 2.42 bits per heavy atom. The van der Waals surface area contributed by atoms with Crippen molar-refractivity contribution in [3.63, 3.8) is 0 Å². The van der Waals surface area contributed by atoms with E-state index in [-0.39, 0.29) is 10.9 Å². The lowest BCUT2D eigenvalue weighted by atomic mass is 10.2. The number of ether oxygens (including phenoxy) is 1. The smallest absolute Gasteiger partial charge is 0.246 e. The average molecular weight is 286 g/mol. The predicted octanol–water partition coefficient (Wildman–Crippen LogP) is 1.57. The van der Waals surface area contributed by atoms with Crippen LogP contribution in [0.2, 0.25) is 0 Å². The summed E-state index contributed by atoms with van der Waals surface area (Å²) in [7, 11) is -2.11. The summed E-state index contributed by atoms with van der Waals surface area (Å²) in [6.45, 7) is 6.22. The van der Waals surface area contributed by atoms with Crippen molar-refractivity contribution < 1.29 is 13.2 Å². The molecule has 1 rings (SSSR count). The summed E-state index contributed by atoms with van der Waals surface area (Å²) in [5.74, 6) is 0.344. The number of hydrogen-bond acceptors (Lipinski definition) is 4. The van der Waals surface area contributed by atoms with Crippen molar-refractivity contribution in [1.29, 1.82) is 0 Å². The van der Waals surface area contributed by atoms with E-state index in [0.29, 0.717) is 18.8 Å². The van der Waals surface area contributed by atoms with Gasteiger partial charge in [-0.25, -0.2) is 8.42 Å². The maximum absolute atomic E-state index is 12.7. The molecule has 0 aliphatic heterocycles. The first-order valence-electron chi connectivity index (χ1n) is 6.27. The number of nitrogens with zero attached hydrogens (tertiary/aromatic N) is 1. The Morgan fingerprint density at radius 2 is 2.00 bits per heavy atom. The Kier molecular flexibility index (Phi) is 5.34. The molecule has 0 amide bonds. The molecule has 1 aromatic rings. The highest BCUT2D eigenvalue weighted by molar-refractivity contribution is 7.89. The van der Waals surface area contributed by atoms with Gasteiger partial charge in [-0.15, -0.1) is 0 Å². The summed E-state index contributed by atoms with van der Waals surface area (Å²) in [4.78, 5) is 0.175. The van der Waals surface area contributed by atoms with E-state index < -0.39 is 10.0 Å². The van der Waals surface area contributed by atoms with Crippen LogP contribution < -0.4 is 10.5 Å². The molecule has 0 bridgehead atoms. The molecular weight excluding hydrogens is 264 g/mol. The zero-order valence-electron chi connectivity index (χ0n) is 11.9. The van der Waals surface area contributed by atoms with Crippen LogP contribution in [0.15, 0.2) is 23.1 Å². The Balaban J connectivity index is 3.41. The lowest BCUT2D eigenvalue weighted by Gasteiger charge is -2.25. The molecule has 2 N–H and O–H groups in total. The first-order chi connectivity index (χ1) is 8.88. The Labute approximate surface area is 115 Å². The fourth-order valence-electron chi connectivity index (χ4n) is 1.99. The van der Waals surface area contributed by atoms with E-state index in [9.17, 15) is 8.42 Å². The molecule has 0 radical (unpaired) electrons. The second-order valence-electron chi connectivity index (χ2n) is 4.49. The van der Waals surface area contributed by atoms with Gasteiger partial charge in [0.1, 0.15) is 10.6 Å². The molecule has 0 aliphatic rings. The summed E-state index contributed by atoms with van der Waals surface area (Å²) in [6.07, 6.45) is 0. The summed E-state index contributed by atoms with van der Waals surface area (Å²) in [6, 6.07) is 4.88. The average Bonchev–Trinajstić information content (AvgIpc) is 2.37. The monoisotopic (exact) mass is 286 g/mol. The van der Waals surface area contributed by atoms with Crippen molar-refractivity contribution in [2.45, 2.75) is 38.3 Å². The fourth-order valence-corrected chi connectivity index (χ4v) is 3.84. The molecule has 5 nitrogen and oxygen atoms in total. The topological polar surface area (TPSA) is 72.6 Å². The number of sulfonamides is 1. The highest BCUT2D eigenvalue weighted by atomic mass is 32.2. The van der Waals surface area contributed by atoms with Crippen molar-refractivity contribution in [3.05, 3.63) is 23.8 Å². The van der Waals surface area contributed by atoms with E-state index in [1.54, 1.807) is 18.2 Å². The molecule has 0 saturated carbocycles. The van der Waals surface area contributed by atoms with Crippen LogP contribution in [0.4, 0.5) is 0 Å². The van der Waals surface area contributed by atoms with Crippen LogP contribution in [-0.4, -0.2) is 32.4 Å². The molecule has 0 unspecified atom stereocenters. The molecule has 0 aromatic heterocycles. The van der Waals surface area contributed by atoms with E-state index in [4.69, 9.17) is 10.5 Å². The van der Waals surface area contributed by atoms with E-state index >= 15 is 0 Å². The van der Waals surface area contributed by atoms with Gasteiger partial charge in [0.15, 0.2) is 0 Å². The number of nitrogens with two attached hydrogens (primary N) is 1. The van der Waals surface area contributed by atoms with Gasteiger partial charge < -0.3 is 10.5 Å². The molecule has 6 heteroatoms. The second kappa shape index (κ2) is 6.36. The number of benzene rings is 1. The third-order valence-corrected chi connectivity index (χ3v) is 5.11. The van der Waals surface area contributed by atoms with Crippen molar-refractivity contribution >= 4 is 10.0 Å². The fraction of sp³-hybridized carbons (Fsp3) is 0.538. The van der Waals surface area contributed by atoms with Crippen molar-refractivity contribution in [2.75, 3.05) is 13.7 Å². The van der Waals surface area contributed by atoms with Gasteiger partial charge in [0.2, 0.25) is 10.0 Å². The number of rotatable bonds is 6. The van der Waals surface area contributed by atoms with Gasteiger partial charge in [-0.05, 0) is 31.5 Å². The van der Waals surface area contributed by atoms with Crippen LogP contribution >= 0.6 is 0 Å². The van der Waals surface area contributed by atoms with Crippen molar-refractivity contribution in [1.82, 2.24) is 4.31 Å². The van der Waals surface area contributed by atoms with E-state index in [1.165, 1.54) is 11.4 Å². The van der Waals surface area contributed by atoms with Gasteiger partial charge in [0.25, 0.3) is 0 Å². The predicted molar refractivity (Wildman–Crippen MR) is 75.6 cm³/mol. The molecule has 0 aliphatic carbocycles. The third kappa shape index (κ3) is 3.26. The lowest BCUT2D eigenvalue weighted by molar-refractivity contribution is 0.361. The van der Waals surface area contributed by atoms with E-state index in [2.05, 4.69) is 0 Å². The molecule has 0 saturated heterocycles. The van der Waals surface area contributed by atoms with E-state index in [0.717, 1.165) is 5.56 Å². The summed E-state index contributed by atoms with van der Waals surface area (Å²) >= 11 is 0. The summed E-state index contributed by atoms with van der Waals surface area (Å²) in [5.41, 5.74) is 6.34. The Bertz CT molecular complexity index is 527. The van der Waals surface area contributed by atoms with Gasteiger partial charge in [-0.2, -0.15) is 4.31 Å². The number of hydrogen-bond donors (Lipinski definition) is 1. The van der Waals surface area contributed by atoms with Gasteiger partial charge in [0.05, 0.1) is 7.11 Å². The first-order valence-corrected chi connectivity index (χ1v) is 7.71. The molecule has 19 heavy (non-hydrogen) atoms. The van der Waals surface area contributed by atoms with Crippen LogP contribution in [0.3, 0.4) is 0 Å². The molecule has 0 atom stereocenters. The van der Waals surface area contributed by atoms with Gasteiger partial charge in [-0.3, -0.25) is 0 Å². The van der Waals surface area contributed by atoms with Gasteiger partial charge in [0, 0.05) is 19.1 Å². The van der Waals surface area contributed by atoms with Crippen molar-refractivity contribution in [3.8, 4) is 5.75 Å². The minimum absolute atomic E-state index is 0.110. The van der Waals surface area contributed by atoms with Crippen LogP contribution in [0.5, 0.6) is 5.75 Å². The molecule has 0 spiro atoms. The second-order valence-corrected chi connectivity index (χ2v) is 6.35. The van der Waals surface area contributed by atoms with Crippen molar-refractivity contribution in [2.24, 2.45) is 5.73 Å². The normalized spacial score (nSPS) is 12.2. The maximum Gasteiger partial charge on any atom is 0.246 e. The van der Waals surface area contributed by atoms with Gasteiger partial charge in [-0.1, -0.05) is 13.0 Å². The largest absolute Gasteiger partial charge is 0.495 e. The van der Waals surface area contributed by atoms with Gasteiger partial charge >= 0.3 is 0 Å². The third-order valence-electron chi connectivity index (χ3n) is 2.94.